The van der Waals surface area contributed by atoms with Crippen molar-refractivity contribution >= 4 is 6.09 Å². The minimum atomic E-state index is -0.442. The van der Waals surface area contributed by atoms with Gasteiger partial charge in [0.05, 0.1) is 0 Å². The van der Waals surface area contributed by atoms with Crippen LogP contribution >= 0.6 is 0 Å². The van der Waals surface area contributed by atoms with Crippen molar-refractivity contribution in [2.75, 3.05) is 7.05 Å². The van der Waals surface area contributed by atoms with E-state index in [2.05, 4.69) is 24.5 Å². The summed E-state index contributed by atoms with van der Waals surface area (Å²) in [7, 11) is 1.97. The van der Waals surface area contributed by atoms with E-state index >= 15 is 0 Å². The van der Waals surface area contributed by atoms with Crippen LogP contribution in [0.4, 0.5) is 4.79 Å². The van der Waals surface area contributed by atoms with Gasteiger partial charge < -0.3 is 15.4 Å². The summed E-state index contributed by atoms with van der Waals surface area (Å²) >= 11 is 0. The third kappa shape index (κ3) is 5.39. The first-order valence-corrected chi connectivity index (χ1v) is 7.28. The molecule has 0 aliphatic heterocycles. The van der Waals surface area contributed by atoms with E-state index in [1.807, 2.05) is 27.8 Å². The molecule has 1 fully saturated rings. The molecule has 0 atom stereocenters. The highest BCUT2D eigenvalue weighted by Crippen LogP contribution is 2.36. The predicted octanol–water partition coefficient (Wildman–Crippen LogP) is 3.21. The van der Waals surface area contributed by atoms with Gasteiger partial charge in [0.1, 0.15) is 5.60 Å². The van der Waals surface area contributed by atoms with E-state index in [1.54, 1.807) is 0 Å². The van der Waals surface area contributed by atoms with Gasteiger partial charge in [0, 0.05) is 11.1 Å². The summed E-state index contributed by atoms with van der Waals surface area (Å²) < 4.78 is 5.40. The van der Waals surface area contributed by atoms with Gasteiger partial charge in [0.2, 0.25) is 0 Å². The summed E-state index contributed by atoms with van der Waals surface area (Å²) in [6.45, 7) is 10.0. The normalized spacial score (nSPS) is 19.3. The first-order chi connectivity index (χ1) is 8.58. The second kappa shape index (κ2) is 5.70. The van der Waals surface area contributed by atoms with Gasteiger partial charge in [0.25, 0.3) is 0 Å². The minimum Gasteiger partial charge on any atom is -0.444 e. The van der Waals surface area contributed by atoms with Crippen LogP contribution in [0, 0.1) is 0 Å². The van der Waals surface area contributed by atoms with Crippen LogP contribution in [0.1, 0.15) is 66.7 Å². The van der Waals surface area contributed by atoms with Gasteiger partial charge in [-0.3, -0.25) is 0 Å². The van der Waals surface area contributed by atoms with E-state index in [4.69, 9.17) is 4.74 Å². The molecular formula is C15H30N2O2. The van der Waals surface area contributed by atoms with Crippen LogP contribution in [0.2, 0.25) is 0 Å². The first-order valence-electron chi connectivity index (χ1n) is 7.28. The van der Waals surface area contributed by atoms with Crippen LogP contribution in [0.5, 0.6) is 0 Å². The number of hydrogen-bond donors (Lipinski definition) is 2. The zero-order chi connectivity index (χ0) is 14.7. The Bertz CT molecular complexity index is 313. The van der Waals surface area contributed by atoms with Crippen molar-refractivity contribution in [1.29, 1.82) is 0 Å². The summed E-state index contributed by atoms with van der Waals surface area (Å²) in [5, 5.41) is 6.46. The molecule has 0 saturated heterocycles. The number of rotatable bonds is 4. The van der Waals surface area contributed by atoms with Crippen molar-refractivity contribution in [1.82, 2.24) is 10.6 Å². The van der Waals surface area contributed by atoms with Gasteiger partial charge in [-0.25, -0.2) is 4.79 Å². The highest BCUT2D eigenvalue weighted by molar-refractivity contribution is 5.68. The van der Waals surface area contributed by atoms with E-state index in [0.717, 1.165) is 19.3 Å². The molecule has 4 nitrogen and oxygen atoms in total. The molecule has 0 heterocycles. The second-order valence-corrected chi connectivity index (χ2v) is 7.42. The Hall–Kier alpha value is -0.770. The molecule has 1 saturated carbocycles. The number of hydrogen-bond acceptors (Lipinski definition) is 3. The van der Waals surface area contributed by atoms with E-state index in [9.17, 15) is 4.79 Å². The Labute approximate surface area is 117 Å². The fourth-order valence-electron chi connectivity index (χ4n) is 2.85. The molecule has 0 unspecified atom stereocenters. The topological polar surface area (TPSA) is 50.4 Å². The molecule has 4 heteroatoms. The molecule has 0 bridgehead atoms. The van der Waals surface area contributed by atoms with Crippen molar-refractivity contribution in [2.24, 2.45) is 0 Å². The molecule has 0 aromatic carbocycles. The summed E-state index contributed by atoms with van der Waals surface area (Å²) in [4.78, 5) is 12.0. The Morgan fingerprint density at radius 3 is 2.11 bits per heavy atom. The number of nitrogens with one attached hydrogen (secondary N) is 2. The summed E-state index contributed by atoms with van der Waals surface area (Å²) in [6, 6.07) is 0. The van der Waals surface area contributed by atoms with Gasteiger partial charge in [-0.2, -0.15) is 0 Å². The number of carbonyl (C=O) groups excluding carboxylic acids is 1. The van der Waals surface area contributed by atoms with Crippen LogP contribution in [0.15, 0.2) is 0 Å². The largest absolute Gasteiger partial charge is 0.444 e. The van der Waals surface area contributed by atoms with E-state index < -0.39 is 5.60 Å². The van der Waals surface area contributed by atoms with Crippen LogP contribution in [0.25, 0.3) is 0 Å². The number of alkyl carbamates (subject to hydrolysis) is 1. The van der Waals surface area contributed by atoms with Gasteiger partial charge in [-0.05, 0) is 60.9 Å². The third-order valence-corrected chi connectivity index (χ3v) is 3.78. The highest BCUT2D eigenvalue weighted by atomic mass is 16.6. The second-order valence-electron chi connectivity index (χ2n) is 7.42. The standard InChI is InChI=1S/C15H30N2O2/c1-13(2,3)19-12(18)17-15(9-7-8-10-15)11-14(4,5)16-6/h16H,7-11H2,1-6H3,(H,17,18). The molecule has 112 valence electrons. The van der Waals surface area contributed by atoms with Crippen LogP contribution in [-0.2, 0) is 4.74 Å². The molecule has 1 aliphatic rings. The average Bonchev–Trinajstić information content (AvgIpc) is 2.62. The lowest BCUT2D eigenvalue weighted by atomic mass is 9.83. The van der Waals surface area contributed by atoms with Gasteiger partial charge in [-0.1, -0.05) is 12.8 Å². The van der Waals surface area contributed by atoms with Crippen LogP contribution in [-0.4, -0.2) is 29.8 Å². The lowest BCUT2D eigenvalue weighted by Crippen LogP contribution is -2.54. The monoisotopic (exact) mass is 270 g/mol. The summed E-state index contributed by atoms with van der Waals surface area (Å²) in [6.07, 6.45) is 5.07. The fourth-order valence-corrected chi connectivity index (χ4v) is 2.85. The van der Waals surface area contributed by atoms with Crippen molar-refractivity contribution in [2.45, 2.75) is 83.4 Å². The molecular weight excluding hydrogens is 240 g/mol. The summed E-state index contributed by atoms with van der Waals surface area (Å²) in [5.41, 5.74) is -0.545. The third-order valence-electron chi connectivity index (χ3n) is 3.78. The van der Waals surface area contributed by atoms with E-state index in [1.165, 1.54) is 12.8 Å². The van der Waals surface area contributed by atoms with Gasteiger partial charge in [0.15, 0.2) is 0 Å². The van der Waals surface area contributed by atoms with Crippen LogP contribution in [0.3, 0.4) is 0 Å². The molecule has 2 N–H and O–H groups in total. The van der Waals surface area contributed by atoms with Crippen molar-refractivity contribution in [3.05, 3.63) is 0 Å². The first kappa shape index (κ1) is 16.3. The lowest BCUT2D eigenvalue weighted by Gasteiger charge is -2.38. The number of ether oxygens (including phenoxy) is 1. The summed E-state index contributed by atoms with van der Waals surface area (Å²) in [5.74, 6) is 0. The molecule has 0 aromatic rings. The van der Waals surface area contributed by atoms with Gasteiger partial charge >= 0.3 is 6.09 Å². The Morgan fingerprint density at radius 2 is 1.68 bits per heavy atom. The zero-order valence-corrected chi connectivity index (χ0v) is 13.4. The molecule has 1 rings (SSSR count). The molecule has 0 radical (unpaired) electrons. The highest BCUT2D eigenvalue weighted by Gasteiger charge is 2.40. The average molecular weight is 270 g/mol. The maximum atomic E-state index is 12.0. The zero-order valence-electron chi connectivity index (χ0n) is 13.4. The Kier molecular flexibility index (Phi) is 4.88. The molecule has 1 amide bonds. The van der Waals surface area contributed by atoms with E-state index in [0.29, 0.717) is 0 Å². The lowest BCUT2D eigenvalue weighted by molar-refractivity contribution is 0.0434. The van der Waals surface area contributed by atoms with Crippen molar-refractivity contribution < 1.29 is 9.53 Å². The fraction of sp³-hybridized carbons (Fsp3) is 0.933. The predicted molar refractivity (Wildman–Crippen MR) is 78.3 cm³/mol. The maximum absolute atomic E-state index is 12.0. The maximum Gasteiger partial charge on any atom is 0.408 e. The smallest absolute Gasteiger partial charge is 0.408 e. The Balaban J connectivity index is 2.70. The van der Waals surface area contributed by atoms with Crippen molar-refractivity contribution in [3.63, 3.8) is 0 Å². The van der Waals surface area contributed by atoms with E-state index in [-0.39, 0.29) is 17.2 Å². The SMILES string of the molecule is CNC(C)(C)CC1(NC(=O)OC(C)(C)C)CCCC1. The minimum absolute atomic E-state index is 0.0132. The number of amides is 1. The molecule has 0 spiro atoms. The number of carbonyl (C=O) groups is 1. The Morgan fingerprint density at radius 1 is 1.16 bits per heavy atom. The molecule has 1 aliphatic carbocycles. The van der Waals surface area contributed by atoms with Gasteiger partial charge in [-0.15, -0.1) is 0 Å². The van der Waals surface area contributed by atoms with Crippen LogP contribution < -0.4 is 10.6 Å². The van der Waals surface area contributed by atoms with Crippen molar-refractivity contribution in [3.8, 4) is 0 Å². The molecule has 19 heavy (non-hydrogen) atoms. The quantitative estimate of drug-likeness (QED) is 0.824. The molecule has 0 aromatic heterocycles.